The van der Waals surface area contributed by atoms with E-state index in [0.717, 1.165) is 84.5 Å². The quantitative estimate of drug-likeness (QED) is 0.192. The number of fused-ring (bicyclic) bond motifs is 6. The minimum Gasteiger partial charge on any atom is -0.454 e. The van der Waals surface area contributed by atoms with Crippen LogP contribution in [0.1, 0.15) is 19.2 Å². The van der Waals surface area contributed by atoms with Gasteiger partial charge in [0.2, 0.25) is 5.89 Å². The molecule has 10 rings (SSSR count). The van der Waals surface area contributed by atoms with Crippen molar-refractivity contribution >= 4 is 55.3 Å². The van der Waals surface area contributed by atoms with Gasteiger partial charge in [0.25, 0.3) is 0 Å². The zero-order valence-corrected chi connectivity index (χ0v) is 26.4. The van der Waals surface area contributed by atoms with E-state index in [1.165, 1.54) is 10.9 Å². The molecule has 228 valence electrons. The van der Waals surface area contributed by atoms with Crippen LogP contribution in [0.3, 0.4) is 0 Å². The van der Waals surface area contributed by atoms with Gasteiger partial charge in [-0.3, -0.25) is 0 Å². The number of benzene rings is 6. The largest absolute Gasteiger partial charge is 0.454 e. The summed E-state index contributed by atoms with van der Waals surface area (Å²) in [6, 6.07) is 45.0. The zero-order chi connectivity index (χ0) is 31.8. The fourth-order valence-corrected chi connectivity index (χ4v) is 7.40. The van der Waals surface area contributed by atoms with Crippen LogP contribution in [-0.2, 0) is 0 Å². The van der Waals surface area contributed by atoms with Crippen molar-refractivity contribution in [2.45, 2.75) is 13.3 Å². The number of hydrogen-bond acceptors (Lipinski definition) is 4. The third kappa shape index (κ3) is 4.12. The number of furan rings is 1. The van der Waals surface area contributed by atoms with Crippen LogP contribution >= 0.6 is 0 Å². The molecule has 4 heteroatoms. The molecule has 0 spiro atoms. The molecular formula is C44H30N2O2. The SMILES string of the molecule is CC1C=CC(c2nc3c(o2)-c2cccc4cc(N(c5cccc(-c6ccccc6)c5)c5cccc6c5oc5ccccc56)cc-3c24)=CC1. The average molecular weight is 619 g/mol. The van der Waals surface area contributed by atoms with Crippen molar-refractivity contribution in [3.63, 3.8) is 0 Å². The predicted octanol–water partition coefficient (Wildman–Crippen LogP) is 12.5. The number of allylic oxidation sites excluding steroid dienone is 4. The number of rotatable bonds is 5. The summed E-state index contributed by atoms with van der Waals surface area (Å²) in [6.45, 7) is 2.23. The van der Waals surface area contributed by atoms with Gasteiger partial charge >= 0.3 is 0 Å². The van der Waals surface area contributed by atoms with Gasteiger partial charge in [0.15, 0.2) is 11.3 Å². The van der Waals surface area contributed by atoms with Crippen LogP contribution in [0, 0.1) is 5.92 Å². The van der Waals surface area contributed by atoms with Crippen LogP contribution in [-0.4, -0.2) is 4.98 Å². The molecule has 2 aliphatic rings. The number of aromatic nitrogens is 1. The van der Waals surface area contributed by atoms with Gasteiger partial charge in [-0.2, -0.15) is 0 Å². The molecule has 0 saturated heterocycles. The maximum atomic E-state index is 6.63. The van der Waals surface area contributed by atoms with Crippen LogP contribution in [0.4, 0.5) is 17.1 Å². The normalized spacial score (nSPS) is 14.9. The Kier molecular flexibility index (Phi) is 5.88. The lowest BCUT2D eigenvalue weighted by Gasteiger charge is -2.27. The maximum Gasteiger partial charge on any atom is 0.227 e. The molecule has 0 fully saturated rings. The highest BCUT2D eigenvalue weighted by Gasteiger charge is 2.30. The first kappa shape index (κ1) is 27.0. The van der Waals surface area contributed by atoms with E-state index in [1.807, 2.05) is 12.1 Å². The first-order valence-electron chi connectivity index (χ1n) is 16.5. The molecule has 0 saturated carbocycles. The first-order chi connectivity index (χ1) is 23.7. The fourth-order valence-electron chi connectivity index (χ4n) is 7.40. The highest BCUT2D eigenvalue weighted by Crippen LogP contribution is 2.51. The predicted molar refractivity (Wildman–Crippen MR) is 197 cm³/mol. The Labute approximate surface area is 277 Å². The smallest absolute Gasteiger partial charge is 0.227 e. The van der Waals surface area contributed by atoms with Crippen molar-refractivity contribution in [2.75, 3.05) is 4.90 Å². The number of hydrogen-bond donors (Lipinski definition) is 0. The lowest BCUT2D eigenvalue weighted by atomic mass is 9.98. The van der Waals surface area contributed by atoms with Crippen molar-refractivity contribution in [2.24, 2.45) is 5.92 Å². The van der Waals surface area contributed by atoms with Crippen LogP contribution in [0.25, 0.3) is 72.0 Å². The molecule has 6 aromatic carbocycles. The van der Waals surface area contributed by atoms with Gasteiger partial charge in [-0.05, 0) is 65.3 Å². The third-order valence-corrected chi connectivity index (χ3v) is 9.74. The molecule has 2 aromatic heterocycles. The molecule has 0 bridgehead atoms. The summed E-state index contributed by atoms with van der Waals surface area (Å²) in [7, 11) is 0. The van der Waals surface area contributed by atoms with E-state index in [-0.39, 0.29) is 0 Å². The summed E-state index contributed by atoms with van der Waals surface area (Å²) in [5, 5.41) is 4.51. The number of para-hydroxylation sites is 2. The summed E-state index contributed by atoms with van der Waals surface area (Å²) >= 11 is 0. The molecule has 2 aliphatic carbocycles. The molecule has 2 heterocycles. The Morgan fingerprint density at radius 3 is 2.40 bits per heavy atom. The standard InChI is InChI=1S/C44H30N2O2/c1-27-20-22-29(23-21-27)44-45-41-37-26-33(25-31-13-8-17-36(40(31)37)43(41)48-44)46(32-14-7-12-30(24-32)28-10-3-2-4-11-28)38-18-9-16-35-34-15-5-6-19-39(34)47-42(35)38/h2-20,22-27H,21H2,1H3. The van der Waals surface area contributed by atoms with Crippen LogP contribution in [0.5, 0.6) is 0 Å². The van der Waals surface area contributed by atoms with Crippen molar-refractivity contribution in [1.29, 1.82) is 0 Å². The van der Waals surface area contributed by atoms with Crippen molar-refractivity contribution in [3.05, 3.63) is 152 Å². The molecule has 0 aliphatic heterocycles. The summed E-state index contributed by atoms with van der Waals surface area (Å²) < 4.78 is 13.2. The van der Waals surface area contributed by atoms with E-state index in [4.69, 9.17) is 13.8 Å². The Bertz CT molecular complexity index is 2620. The van der Waals surface area contributed by atoms with Crippen molar-refractivity contribution in [3.8, 4) is 33.7 Å². The summed E-state index contributed by atoms with van der Waals surface area (Å²) in [4.78, 5) is 7.46. The van der Waals surface area contributed by atoms with Crippen molar-refractivity contribution in [1.82, 2.24) is 4.98 Å². The van der Waals surface area contributed by atoms with Crippen LogP contribution < -0.4 is 4.90 Å². The van der Waals surface area contributed by atoms with E-state index in [1.54, 1.807) is 0 Å². The minimum absolute atomic E-state index is 0.523. The Morgan fingerprint density at radius 1 is 0.688 bits per heavy atom. The highest BCUT2D eigenvalue weighted by molar-refractivity contribution is 6.16. The van der Waals surface area contributed by atoms with E-state index in [2.05, 4.69) is 145 Å². The monoisotopic (exact) mass is 618 g/mol. The molecule has 1 atom stereocenters. The lowest BCUT2D eigenvalue weighted by Crippen LogP contribution is -2.10. The number of oxazole rings is 1. The molecule has 1 unspecified atom stereocenters. The van der Waals surface area contributed by atoms with E-state index >= 15 is 0 Å². The molecular weight excluding hydrogens is 588 g/mol. The molecule has 4 nitrogen and oxygen atoms in total. The second kappa shape index (κ2) is 10.4. The van der Waals surface area contributed by atoms with Gasteiger partial charge in [0.1, 0.15) is 11.3 Å². The van der Waals surface area contributed by atoms with Gasteiger partial charge in [-0.1, -0.05) is 116 Å². The summed E-state index contributed by atoms with van der Waals surface area (Å²) in [5.41, 5.74) is 11.2. The number of nitrogens with zero attached hydrogens (tertiary/aromatic N) is 2. The molecule has 0 amide bonds. The average Bonchev–Trinajstić information content (AvgIpc) is 3.82. The number of anilines is 3. The van der Waals surface area contributed by atoms with Gasteiger partial charge in [-0.25, -0.2) is 4.98 Å². The second-order valence-corrected chi connectivity index (χ2v) is 12.8. The Balaban J connectivity index is 1.21. The second-order valence-electron chi connectivity index (χ2n) is 12.8. The fraction of sp³-hybridized carbons (Fsp3) is 0.0682. The molecule has 48 heavy (non-hydrogen) atoms. The van der Waals surface area contributed by atoms with Gasteiger partial charge in [0.05, 0.1) is 5.69 Å². The van der Waals surface area contributed by atoms with Gasteiger partial charge in [0, 0.05) is 44.2 Å². The zero-order valence-electron chi connectivity index (χ0n) is 26.4. The van der Waals surface area contributed by atoms with Crippen molar-refractivity contribution < 1.29 is 8.83 Å². The van der Waals surface area contributed by atoms with E-state index < -0.39 is 0 Å². The molecule has 0 radical (unpaired) electrons. The van der Waals surface area contributed by atoms with E-state index in [0.29, 0.717) is 11.8 Å². The van der Waals surface area contributed by atoms with Gasteiger partial charge < -0.3 is 13.7 Å². The van der Waals surface area contributed by atoms with Crippen LogP contribution in [0.15, 0.2) is 154 Å². The molecule has 8 aromatic rings. The Morgan fingerprint density at radius 2 is 1.50 bits per heavy atom. The lowest BCUT2D eigenvalue weighted by molar-refractivity contribution is 0.556. The topological polar surface area (TPSA) is 42.4 Å². The molecule has 0 N–H and O–H groups in total. The summed E-state index contributed by atoms with van der Waals surface area (Å²) in [5.74, 6) is 2.04. The third-order valence-electron chi connectivity index (χ3n) is 9.74. The maximum absolute atomic E-state index is 6.63. The minimum atomic E-state index is 0.523. The van der Waals surface area contributed by atoms with E-state index in [9.17, 15) is 0 Å². The summed E-state index contributed by atoms with van der Waals surface area (Å²) in [6.07, 6.45) is 7.60. The van der Waals surface area contributed by atoms with Crippen LogP contribution in [0.2, 0.25) is 0 Å². The first-order valence-corrected chi connectivity index (χ1v) is 16.5. The van der Waals surface area contributed by atoms with Gasteiger partial charge in [-0.15, -0.1) is 0 Å². The highest BCUT2D eigenvalue weighted by atomic mass is 16.4. The Hall–Kier alpha value is -6.13.